The number of carbonyl (C=O) groups excluding carboxylic acids is 1. The lowest BCUT2D eigenvalue weighted by molar-refractivity contribution is -0.384. The molecule has 0 aromatic heterocycles. The number of nitriles is 1. The maximum Gasteiger partial charge on any atom is 0.269 e. The number of nitro groups is 1. The average molecular weight is 361 g/mol. The third-order valence-electron chi connectivity index (χ3n) is 4.25. The summed E-state index contributed by atoms with van der Waals surface area (Å²) >= 11 is 0. The van der Waals surface area contributed by atoms with Gasteiger partial charge in [-0.1, -0.05) is 42.5 Å². The van der Waals surface area contributed by atoms with Crippen molar-refractivity contribution in [2.24, 2.45) is 5.73 Å². The van der Waals surface area contributed by atoms with Crippen molar-refractivity contribution in [1.29, 1.82) is 5.26 Å². The summed E-state index contributed by atoms with van der Waals surface area (Å²) in [6.07, 6.45) is 0. The molecular weight excluding hydrogens is 346 g/mol. The summed E-state index contributed by atoms with van der Waals surface area (Å²) in [5, 5.41) is 20.7. The fourth-order valence-corrected chi connectivity index (χ4v) is 3.08. The Hall–Kier alpha value is -3.92. The Morgan fingerprint density at radius 1 is 1.22 bits per heavy atom. The van der Waals surface area contributed by atoms with Crippen LogP contribution in [0.25, 0.3) is 5.76 Å². The highest BCUT2D eigenvalue weighted by molar-refractivity contribution is 6.03. The van der Waals surface area contributed by atoms with Crippen LogP contribution in [0.15, 0.2) is 71.6 Å². The van der Waals surface area contributed by atoms with E-state index in [4.69, 9.17) is 10.5 Å². The van der Waals surface area contributed by atoms with Crippen molar-refractivity contribution in [1.82, 2.24) is 0 Å². The molecular formula is C20H15N3O4. The minimum absolute atomic E-state index is 0.0420. The summed E-state index contributed by atoms with van der Waals surface area (Å²) in [5.41, 5.74) is 7.14. The maximum atomic E-state index is 12.5. The van der Waals surface area contributed by atoms with Crippen molar-refractivity contribution in [3.05, 3.63) is 92.9 Å². The number of rotatable bonds is 4. The van der Waals surface area contributed by atoms with Crippen LogP contribution in [0.3, 0.4) is 0 Å². The molecule has 1 aliphatic heterocycles. The van der Waals surface area contributed by atoms with E-state index in [1.165, 1.54) is 25.1 Å². The molecule has 0 amide bonds. The molecule has 1 aliphatic rings. The highest BCUT2D eigenvalue weighted by Gasteiger charge is 2.36. The third-order valence-corrected chi connectivity index (χ3v) is 4.25. The van der Waals surface area contributed by atoms with Gasteiger partial charge in [0.2, 0.25) is 5.88 Å². The summed E-state index contributed by atoms with van der Waals surface area (Å²) in [5.74, 6) is -1.05. The summed E-state index contributed by atoms with van der Waals surface area (Å²) in [7, 11) is 0. The minimum Gasteiger partial charge on any atom is -0.439 e. The largest absolute Gasteiger partial charge is 0.439 e. The van der Waals surface area contributed by atoms with Crippen molar-refractivity contribution in [3.63, 3.8) is 0 Å². The average Bonchev–Trinajstić information content (AvgIpc) is 2.67. The molecule has 3 rings (SSSR count). The molecule has 0 bridgehead atoms. The Kier molecular flexibility index (Phi) is 4.73. The lowest BCUT2D eigenvalue weighted by Gasteiger charge is -2.28. The molecule has 7 heteroatoms. The monoisotopic (exact) mass is 361 g/mol. The summed E-state index contributed by atoms with van der Waals surface area (Å²) in [6, 6.07) is 16.7. The normalized spacial score (nSPS) is 16.5. The number of ketones is 1. The number of nitrogens with zero attached hydrogens (tertiary/aromatic N) is 2. The van der Waals surface area contributed by atoms with Gasteiger partial charge in [-0.2, -0.15) is 5.26 Å². The maximum absolute atomic E-state index is 12.5. The van der Waals surface area contributed by atoms with E-state index < -0.39 is 10.8 Å². The van der Waals surface area contributed by atoms with Crippen LogP contribution in [-0.4, -0.2) is 10.7 Å². The van der Waals surface area contributed by atoms with Crippen molar-refractivity contribution in [2.45, 2.75) is 12.8 Å². The van der Waals surface area contributed by atoms with Crippen molar-refractivity contribution < 1.29 is 14.5 Å². The van der Waals surface area contributed by atoms with Crippen LogP contribution in [-0.2, 0) is 9.53 Å². The Morgan fingerprint density at radius 3 is 2.52 bits per heavy atom. The first-order valence-electron chi connectivity index (χ1n) is 8.06. The van der Waals surface area contributed by atoms with E-state index in [1.807, 2.05) is 12.1 Å². The molecule has 0 saturated heterocycles. The molecule has 2 N–H and O–H groups in total. The Bertz CT molecular complexity index is 1030. The van der Waals surface area contributed by atoms with Gasteiger partial charge in [-0.25, -0.2) is 0 Å². The van der Waals surface area contributed by atoms with Crippen LogP contribution in [0.2, 0.25) is 0 Å². The lowest BCUT2D eigenvalue weighted by Crippen LogP contribution is -2.23. The van der Waals surface area contributed by atoms with Crippen LogP contribution < -0.4 is 5.73 Å². The standard InChI is InChI=1S/C20H15N3O4/c1-12(24)17-18(14-8-5-9-15(10-14)23(25)26)16(11-21)20(22)27-19(17)13-6-3-2-4-7-13/h2-10,18H,22H2,1H3/t18-/m0/s1. The quantitative estimate of drug-likeness (QED) is 0.658. The second kappa shape index (κ2) is 7.14. The van der Waals surface area contributed by atoms with E-state index in [-0.39, 0.29) is 34.3 Å². The number of nitrogens with two attached hydrogens (primary N) is 1. The molecule has 0 saturated carbocycles. The van der Waals surface area contributed by atoms with Crippen LogP contribution in [0, 0.1) is 21.4 Å². The highest BCUT2D eigenvalue weighted by Crippen LogP contribution is 2.43. The zero-order valence-corrected chi connectivity index (χ0v) is 14.4. The molecule has 27 heavy (non-hydrogen) atoms. The molecule has 7 nitrogen and oxygen atoms in total. The lowest BCUT2D eigenvalue weighted by atomic mass is 9.80. The van der Waals surface area contributed by atoms with E-state index in [0.29, 0.717) is 11.1 Å². The van der Waals surface area contributed by atoms with Gasteiger partial charge in [-0.3, -0.25) is 14.9 Å². The van der Waals surface area contributed by atoms with E-state index >= 15 is 0 Å². The first-order chi connectivity index (χ1) is 12.9. The van der Waals surface area contributed by atoms with Crippen LogP contribution in [0.4, 0.5) is 5.69 Å². The molecule has 0 unspecified atom stereocenters. The third kappa shape index (κ3) is 3.28. The molecule has 1 heterocycles. The molecule has 0 radical (unpaired) electrons. The number of carbonyl (C=O) groups is 1. The van der Waals surface area contributed by atoms with Crippen molar-refractivity contribution in [2.75, 3.05) is 0 Å². The number of hydrogen-bond acceptors (Lipinski definition) is 6. The smallest absolute Gasteiger partial charge is 0.269 e. The Balaban J connectivity index is 2.29. The number of ether oxygens (including phenoxy) is 1. The van der Waals surface area contributed by atoms with Gasteiger partial charge in [-0.05, 0) is 12.5 Å². The summed E-state index contributed by atoms with van der Waals surface area (Å²) in [6.45, 7) is 1.36. The van der Waals surface area contributed by atoms with Gasteiger partial charge in [0.1, 0.15) is 17.4 Å². The van der Waals surface area contributed by atoms with Gasteiger partial charge in [-0.15, -0.1) is 0 Å². The molecule has 0 spiro atoms. The predicted molar refractivity (Wildman–Crippen MR) is 97.8 cm³/mol. The topological polar surface area (TPSA) is 119 Å². The minimum atomic E-state index is -0.851. The molecule has 1 atom stereocenters. The van der Waals surface area contributed by atoms with Gasteiger partial charge < -0.3 is 10.5 Å². The number of non-ortho nitro benzene ring substituents is 1. The fourth-order valence-electron chi connectivity index (χ4n) is 3.08. The first-order valence-corrected chi connectivity index (χ1v) is 8.06. The molecule has 2 aromatic rings. The first kappa shape index (κ1) is 17.9. The van der Waals surface area contributed by atoms with Gasteiger partial charge in [0.05, 0.1) is 16.4 Å². The number of allylic oxidation sites excluding steroid dienone is 2. The summed E-state index contributed by atoms with van der Waals surface area (Å²) in [4.78, 5) is 23.1. The fraction of sp³-hybridized carbons (Fsp3) is 0.100. The van der Waals surface area contributed by atoms with Gasteiger partial charge in [0.15, 0.2) is 5.78 Å². The second-order valence-corrected chi connectivity index (χ2v) is 5.94. The number of hydrogen-bond donors (Lipinski definition) is 1. The van der Waals surface area contributed by atoms with Crippen molar-refractivity contribution in [3.8, 4) is 6.07 Å². The van der Waals surface area contributed by atoms with Crippen LogP contribution >= 0.6 is 0 Å². The van der Waals surface area contributed by atoms with Crippen LogP contribution in [0.1, 0.15) is 24.0 Å². The summed E-state index contributed by atoms with van der Waals surface area (Å²) < 4.78 is 5.64. The molecule has 0 fully saturated rings. The number of Topliss-reactive ketones (excluding diaryl/α,β-unsaturated/α-hetero) is 1. The number of nitro benzene ring substituents is 1. The van der Waals surface area contributed by atoms with E-state index in [1.54, 1.807) is 30.3 Å². The molecule has 0 aliphatic carbocycles. The number of benzene rings is 2. The Morgan fingerprint density at radius 2 is 1.93 bits per heavy atom. The van der Waals surface area contributed by atoms with Crippen LogP contribution in [0.5, 0.6) is 0 Å². The van der Waals surface area contributed by atoms with E-state index in [9.17, 15) is 20.2 Å². The van der Waals surface area contributed by atoms with E-state index in [2.05, 4.69) is 0 Å². The van der Waals surface area contributed by atoms with Gasteiger partial charge >= 0.3 is 0 Å². The van der Waals surface area contributed by atoms with Gasteiger partial charge in [0.25, 0.3) is 5.69 Å². The predicted octanol–water partition coefficient (Wildman–Crippen LogP) is 3.40. The van der Waals surface area contributed by atoms with Crippen molar-refractivity contribution >= 4 is 17.2 Å². The molecule has 2 aromatic carbocycles. The zero-order chi connectivity index (χ0) is 19.6. The van der Waals surface area contributed by atoms with Gasteiger partial charge in [0, 0.05) is 17.7 Å². The molecule has 134 valence electrons. The van der Waals surface area contributed by atoms with E-state index in [0.717, 1.165) is 0 Å². The zero-order valence-electron chi connectivity index (χ0n) is 14.4. The Labute approximate surface area is 155 Å². The second-order valence-electron chi connectivity index (χ2n) is 5.94. The SMILES string of the molecule is CC(=O)C1=C(c2ccccc2)OC(N)=C(C#N)[C@@H]1c1cccc([N+](=O)[O-])c1. The highest BCUT2D eigenvalue weighted by atomic mass is 16.6.